The normalized spacial score (nSPS) is 12.8. The van der Waals surface area contributed by atoms with Crippen LogP contribution in [0.2, 0.25) is 0 Å². The van der Waals surface area contributed by atoms with Gasteiger partial charge in [0.25, 0.3) is 0 Å². The Morgan fingerprint density at radius 1 is 0.278 bits per heavy atom. The number of rotatable bonds is 49. The van der Waals surface area contributed by atoms with Crippen LogP contribution in [0.1, 0.15) is 308 Å². The third-order valence-corrected chi connectivity index (χ3v) is 22.8. The number of likely N-dealkylation sites (N-methyl/N-ethyl adjacent to an activating group) is 6. The number of nitrogens with two attached hydrogens (primary N) is 2. The molecule has 32 heteroatoms. The third kappa shape index (κ3) is 71.2. The average molecular weight is 1910 g/mol. The van der Waals surface area contributed by atoms with Gasteiger partial charge in [0, 0.05) is 203 Å². The molecule has 0 saturated carbocycles. The van der Waals surface area contributed by atoms with Crippen LogP contribution in [0.15, 0.2) is 0 Å². The van der Waals surface area contributed by atoms with E-state index in [2.05, 4.69) is 195 Å². The molecule has 0 rings (SSSR count). The van der Waals surface area contributed by atoms with Crippen molar-refractivity contribution >= 4 is 59.3 Å². The van der Waals surface area contributed by atoms with Gasteiger partial charge in [-0.25, -0.2) is 4.79 Å². The Labute approximate surface area is 812 Å². The van der Waals surface area contributed by atoms with Crippen molar-refractivity contribution in [1.29, 1.82) is 0 Å². The van der Waals surface area contributed by atoms with Gasteiger partial charge in [-0.15, -0.1) is 0 Å². The molecule has 0 aromatic rings. The predicted molar refractivity (Wildman–Crippen MR) is 545 cm³/mol. The van der Waals surface area contributed by atoms with E-state index < -0.39 is 50.5 Å². The smallest absolute Gasteiger partial charge is 0.312 e. The molecule has 0 saturated heterocycles. The molecule has 0 aromatic heterocycles. The van der Waals surface area contributed by atoms with Crippen molar-refractivity contribution in [3.05, 3.63) is 0 Å². The number of carbonyl (C=O) groups excluding carboxylic acids is 8. The summed E-state index contributed by atoms with van der Waals surface area (Å²) in [6.07, 6.45) is 4.58. The molecule has 0 aromatic carbocycles. The van der Waals surface area contributed by atoms with Crippen molar-refractivity contribution in [2.45, 2.75) is 341 Å². The minimum atomic E-state index is -0.815. The Bertz CT molecular complexity index is 3150. The number of unbranched alkanes of at least 4 members (excludes halogenated alkanes) is 1. The van der Waals surface area contributed by atoms with Crippen LogP contribution in [0.4, 0.5) is 4.79 Å². The first-order valence-corrected chi connectivity index (χ1v) is 48.6. The van der Waals surface area contributed by atoms with Gasteiger partial charge in [0.15, 0.2) is 0 Å². The number of urea groups is 1. The molecule has 0 spiro atoms. The zero-order chi connectivity index (χ0) is 106. The number of aliphatic hydroxyl groups is 2. The van der Waals surface area contributed by atoms with Crippen LogP contribution in [0.5, 0.6) is 0 Å². The topological polar surface area (TPSA) is 382 Å². The van der Waals surface area contributed by atoms with E-state index in [1.165, 1.54) is 0 Å². The molecule has 0 aliphatic rings. The SMILES string of the molecule is CN(CCN(CCCC(=O)O)C(=O)C(C)(C)C)C(C)(C)C.CN(CCN(CCCC(N)=O)C(=O)C(C)(C)C)C(C)(C)C.CN(CCN(CCCNC(N)=O)C(=O)C(C)(C)C)C(C)(C)C.CN(CCN(CCOCCO)C(=O)C(C)(C)C)C(C)(C)C.CN(CCN(CCOCCOCCO)C(=O)C(C)(C)C)C(C)(C)C.C[C@@H](CCCCN(CCN(C)C(C)(C)C)C(=O)C(C)(C)C)C(=O)O. The summed E-state index contributed by atoms with van der Waals surface area (Å²) < 4.78 is 16.0. The van der Waals surface area contributed by atoms with Crippen LogP contribution in [0.3, 0.4) is 0 Å². The molecule has 0 bridgehead atoms. The molecule has 790 valence electrons. The largest absolute Gasteiger partial charge is 0.481 e. The average Bonchev–Trinajstić information content (AvgIpc) is 0.877. The number of carboxylic acid groups (broad SMARTS) is 2. The predicted octanol–water partition coefficient (Wildman–Crippen LogP) is 12.7. The maximum atomic E-state index is 12.7. The van der Waals surface area contributed by atoms with E-state index in [0.717, 1.165) is 52.1 Å². The molecule has 0 heterocycles. The van der Waals surface area contributed by atoms with E-state index in [0.29, 0.717) is 157 Å². The Hall–Kier alpha value is -5.94. The minimum absolute atomic E-state index is 0.0139. The number of nitrogens with zero attached hydrogens (tertiary/aromatic N) is 12. The number of primary amides is 2. The number of nitrogens with one attached hydrogen (secondary N) is 1. The maximum Gasteiger partial charge on any atom is 0.312 e. The Morgan fingerprint density at radius 3 is 0.692 bits per heavy atom. The molecule has 0 radical (unpaired) electrons. The van der Waals surface area contributed by atoms with E-state index in [1.807, 2.05) is 156 Å². The standard InChI is InChI=1S/C19H38N2O3.C18H38N2O4.C16H34N4O2.C16H33N3O2.C16H34N2O3.C16H32N2O3/c1-15(16(22)23)11-9-10-12-21(17(24)18(2,3)4)14-13-20(8)19(5,6)7;1-17(2,3)16(22)20(9-8-19(7)18(4,5)6)10-12-23-14-15-24-13-11-21;1-15(2,3)13(21)20(10-8-9-18-14(17)22)12-11-19(7)16(4,5)6;1-15(2,3)14(21)19(10-8-9-13(17)20)12-11-18(7)16(4,5)6;1-15(2,3)14(20)18(10-12-21-13-11-19)9-8-17(7)16(4,5)6;1-15(2,3)14(21)18(10-8-9-13(19)20)12-11-17(7)16(4,5)6/h15H,9-14H2,1-8H3,(H,22,23);21H,8-15H2,1-7H3;8-12H2,1-7H3,(H3,17,18,22);8-12H2,1-7H3,(H2,17,20);19H,8-13H2,1-7H3;8-12H2,1-7H3,(H,19,20)/t15-;;;;;/m0...../s1. The van der Waals surface area contributed by atoms with E-state index in [1.54, 1.807) is 11.8 Å². The second kappa shape index (κ2) is 65.1. The van der Waals surface area contributed by atoms with Crippen LogP contribution < -0.4 is 16.8 Å². The molecule has 133 heavy (non-hydrogen) atoms. The number of carbonyl (C=O) groups is 10. The number of carboxylic acids is 2. The number of hydrogen-bond donors (Lipinski definition) is 7. The van der Waals surface area contributed by atoms with E-state index >= 15 is 0 Å². The fraction of sp³-hybridized carbons (Fsp3) is 0.901. The van der Waals surface area contributed by atoms with Gasteiger partial charge >= 0.3 is 18.0 Å². The highest BCUT2D eigenvalue weighted by Gasteiger charge is 2.35. The van der Waals surface area contributed by atoms with Crippen LogP contribution in [0, 0.1) is 38.4 Å². The third-order valence-electron chi connectivity index (χ3n) is 22.8. The van der Waals surface area contributed by atoms with E-state index in [4.69, 9.17) is 46.1 Å². The lowest BCUT2D eigenvalue weighted by Crippen LogP contribution is -2.47. The molecule has 32 nitrogen and oxygen atoms in total. The fourth-order valence-electron chi connectivity index (χ4n) is 11.5. The van der Waals surface area contributed by atoms with Crippen molar-refractivity contribution in [3.63, 3.8) is 0 Å². The quantitative estimate of drug-likeness (QED) is 0.0278. The van der Waals surface area contributed by atoms with Crippen molar-refractivity contribution in [2.75, 3.05) is 219 Å². The van der Waals surface area contributed by atoms with E-state index in [9.17, 15) is 47.9 Å². The summed E-state index contributed by atoms with van der Waals surface area (Å²) in [6, 6.07) is -0.527. The second-order valence-corrected chi connectivity index (χ2v) is 47.5. The first-order valence-electron chi connectivity index (χ1n) is 48.6. The van der Waals surface area contributed by atoms with E-state index in [-0.39, 0.29) is 100 Å². The summed E-state index contributed by atoms with van der Waals surface area (Å²) in [5.74, 6) is -1.42. The lowest BCUT2D eigenvalue weighted by atomic mass is 9.94. The Kier molecular flexibility index (Phi) is 67.4. The molecular weight excluding hydrogens is 1700 g/mol. The maximum absolute atomic E-state index is 12.7. The summed E-state index contributed by atoms with van der Waals surface area (Å²) in [6.45, 7) is 90.7. The Morgan fingerprint density at radius 2 is 0.489 bits per heavy atom. The number of amides is 9. The highest BCUT2D eigenvalue weighted by molar-refractivity contribution is 5.84. The van der Waals surface area contributed by atoms with Crippen molar-refractivity contribution in [1.82, 2.24) is 64.1 Å². The van der Waals surface area contributed by atoms with Gasteiger partial charge in [0.2, 0.25) is 41.4 Å². The van der Waals surface area contributed by atoms with Crippen molar-refractivity contribution < 1.29 is 82.6 Å². The molecule has 9 amide bonds. The van der Waals surface area contributed by atoms with Crippen LogP contribution in [-0.2, 0) is 57.4 Å². The highest BCUT2D eigenvalue weighted by Crippen LogP contribution is 2.26. The fourth-order valence-corrected chi connectivity index (χ4v) is 11.5. The number of ether oxygens (including phenoxy) is 3. The molecule has 0 fully saturated rings. The lowest BCUT2D eigenvalue weighted by molar-refractivity contribution is -0.142. The van der Waals surface area contributed by atoms with Crippen molar-refractivity contribution in [2.24, 2.45) is 49.9 Å². The number of aliphatic hydroxyl groups excluding tert-OH is 2. The second-order valence-electron chi connectivity index (χ2n) is 47.5. The Balaban J connectivity index is -0.000000364. The molecular formula is C101H209N15O17. The van der Waals surface area contributed by atoms with Gasteiger partial charge < -0.3 is 80.8 Å². The molecule has 0 aliphatic carbocycles. The minimum Gasteiger partial charge on any atom is -0.481 e. The highest BCUT2D eigenvalue weighted by atomic mass is 16.5. The van der Waals surface area contributed by atoms with Gasteiger partial charge in [0.05, 0.1) is 58.8 Å². The number of hydrogen-bond acceptors (Lipinski definition) is 21. The summed E-state index contributed by atoms with van der Waals surface area (Å²) in [7, 11) is 12.4. The van der Waals surface area contributed by atoms with Crippen molar-refractivity contribution in [3.8, 4) is 0 Å². The molecule has 0 unspecified atom stereocenters. The van der Waals surface area contributed by atoms with Gasteiger partial charge in [-0.2, -0.15) is 0 Å². The summed E-state index contributed by atoms with van der Waals surface area (Å²) >= 11 is 0. The summed E-state index contributed by atoms with van der Waals surface area (Å²) in [5, 5.41) is 37.6. The zero-order valence-electron chi connectivity index (χ0n) is 93.4. The summed E-state index contributed by atoms with van der Waals surface area (Å²) in [4.78, 5) is 143. The number of aliphatic carboxylic acids is 2. The van der Waals surface area contributed by atoms with Gasteiger partial charge in [-0.1, -0.05) is 138 Å². The first-order chi connectivity index (χ1) is 59.8. The van der Waals surface area contributed by atoms with Gasteiger partial charge in [0.1, 0.15) is 0 Å². The van der Waals surface area contributed by atoms with Gasteiger partial charge in [-0.3, -0.25) is 72.6 Å². The van der Waals surface area contributed by atoms with Crippen LogP contribution in [0.25, 0.3) is 0 Å². The molecule has 1 atom stereocenters. The zero-order valence-corrected chi connectivity index (χ0v) is 93.4. The monoisotopic (exact) mass is 1900 g/mol. The lowest BCUT2D eigenvalue weighted by Gasteiger charge is -2.35. The van der Waals surface area contributed by atoms with Gasteiger partial charge in [-0.05, 0) is 199 Å². The molecule has 0 aliphatic heterocycles. The summed E-state index contributed by atoms with van der Waals surface area (Å²) in [5.41, 5.74) is 8.22. The van der Waals surface area contributed by atoms with Crippen LogP contribution >= 0.6 is 0 Å². The first kappa shape index (κ1) is 138. The molecule has 9 N–H and O–H groups in total. The van der Waals surface area contributed by atoms with Crippen LogP contribution in [-0.4, -0.2) is 391 Å².